The summed E-state index contributed by atoms with van der Waals surface area (Å²) in [7, 11) is 1.80. The number of aliphatic imine (C=N–C) groups is 1. The predicted molar refractivity (Wildman–Crippen MR) is 105 cm³/mol. The third-order valence-electron chi connectivity index (χ3n) is 3.58. The molecular formula is C17H26BrN3O2S. The van der Waals surface area contributed by atoms with Gasteiger partial charge in [-0.25, -0.2) is 0 Å². The van der Waals surface area contributed by atoms with Crippen LogP contribution in [-0.2, 0) is 4.74 Å². The minimum atomic E-state index is 0.327. The van der Waals surface area contributed by atoms with Gasteiger partial charge in [0.15, 0.2) is 5.96 Å². The zero-order valence-corrected chi connectivity index (χ0v) is 16.5. The van der Waals surface area contributed by atoms with Gasteiger partial charge in [-0.05, 0) is 31.0 Å². The molecule has 1 atom stereocenters. The van der Waals surface area contributed by atoms with E-state index >= 15 is 0 Å². The van der Waals surface area contributed by atoms with Crippen LogP contribution < -0.4 is 15.4 Å². The van der Waals surface area contributed by atoms with Crippen molar-refractivity contribution < 1.29 is 9.47 Å². The van der Waals surface area contributed by atoms with Crippen molar-refractivity contribution in [3.8, 4) is 5.75 Å². The highest BCUT2D eigenvalue weighted by atomic mass is 79.9. The number of thioether (sulfide) groups is 1. The lowest BCUT2D eigenvalue weighted by Crippen LogP contribution is -2.41. The SMILES string of the molecule is CN=C(NCCSCCOc1cccc(Br)c1)NCC1CCCO1. The van der Waals surface area contributed by atoms with Gasteiger partial charge in [0.05, 0.1) is 12.7 Å². The predicted octanol–water partition coefficient (Wildman–Crippen LogP) is 2.91. The van der Waals surface area contributed by atoms with Gasteiger partial charge in [0.2, 0.25) is 0 Å². The van der Waals surface area contributed by atoms with Gasteiger partial charge in [0, 0.05) is 42.7 Å². The molecule has 5 nitrogen and oxygen atoms in total. The van der Waals surface area contributed by atoms with Crippen molar-refractivity contribution in [2.45, 2.75) is 18.9 Å². The lowest BCUT2D eigenvalue weighted by molar-refractivity contribution is 0.114. The Labute approximate surface area is 157 Å². The topological polar surface area (TPSA) is 54.9 Å². The van der Waals surface area contributed by atoms with Crippen molar-refractivity contribution in [2.75, 3.05) is 44.9 Å². The number of guanidine groups is 1. The highest BCUT2D eigenvalue weighted by Crippen LogP contribution is 2.17. The lowest BCUT2D eigenvalue weighted by atomic mass is 10.2. The van der Waals surface area contributed by atoms with E-state index in [-0.39, 0.29) is 0 Å². The van der Waals surface area contributed by atoms with E-state index in [1.807, 2.05) is 36.0 Å². The number of nitrogens with zero attached hydrogens (tertiary/aromatic N) is 1. The summed E-state index contributed by atoms with van der Waals surface area (Å²) in [5, 5.41) is 6.64. The molecule has 0 aliphatic carbocycles. The highest BCUT2D eigenvalue weighted by Gasteiger charge is 2.15. The first-order valence-electron chi connectivity index (χ1n) is 8.30. The summed E-state index contributed by atoms with van der Waals surface area (Å²) >= 11 is 5.31. The van der Waals surface area contributed by atoms with Crippen LogP contribution >= 0.6 is 27.7 Å². The Morgan fingerprint density at radius 1 is 1.42 bits per heavy atom. The average Bonchev–Trinajstić information content (AvgIpc) is 3.10. The molecule has 0 amide bonds. The third kappa shape index (κ3) is 7.77. The van der Waals surface area contributed by atoms with Gasteiger partial charge in [-0.2, -0.15) is 11.8 Å². The van der Waals surface area contributed by atoms with Gasteiger partial charge in [-0.1, -0.05) is 22.0 Å². The Morgan fingerprint density at radius 3 is 3.08 bits per heavy atom. The quantitative estimate of drug-likeness (QED) is 0.368. The second kappa shape index (κ2) is 11.6. The summed E-state index contributed by atoms with van der Waals surface area (Å²) in [6.45, 7) is 3.31. The van der Waals surface area contributed by atoms with Crippen LogP contribution in [0.3, 0.4) is 0 Å². The zero-order chi connectivity index (χ0) is 17.0. The molecule has 1 heterocycles. The van der Waals surface area contributed by atoms with E-state index in [0.29, 0.717) is 12.7 Å². The molecular weight excluding hydrogens is 390 g/mol. The highest BCUT2D eigenvalue weighted by molar-refractivity contribution is 9.10. The first-order chi connectivity index (χ1) is 11.8. The van der Waals surface area contributed by atoms with E-state index in [9.17, 15) is 0 Å². The largest absolute Gasteiger partial charge is 0.493 e. The van der Waals surface area contributed by atoms with Crippen molar-refractivity contribution in [1.82, 2.24) is 10.6 Å². The summed E-state index contributed by atoms with van der Waals surface area (Å²) in [5.74, 6) is 3.73. The molecule has 2 rings (SSSR count). The first-order valence-corrected chi connectivity index (χ1v) is 10.2. The molecule has 1 aromatic rings. The van der Waals surface area contributed by atoms with E-state index < -0.39 is 0 Å². The van der Waals surface area contributed by atoms with Crippen LogP contribution in [0.4, 0.5) is 0 Å². The standard InChI is InChI=1S/C17H26BrN3O2S/c1-19-17(21-13-16-6-3-8-22-16)20-7-10-24-11-9-23-15-5-2-4-14(18)12-15/h2,4-5,12,16H,3,6-11,13H2,1H3,(H2,19,20,21). The van der Waals surface area contributed by atoms with Crippen molar-refractivity contribution in [3.05, 3.63) is 28.7 Å². The summed E-state index contributed by atoms with van der Waals surface area (Å²) < 4.78 is 12.3. The van der Waals surface area contributed by atoms with Crippen LogP contribution in [0.15, 0.2) is 33.7 Å². The molecule has 1 fully saturated rings. The summed E-state index contributed by atoms with van der Waals surface area (Å²) in [6.07, 6.45) is 2.63. The Kier molecular flexibility index (Phi) is 9.38. The van der Waals surface area contributed by atoms with Crippen LogP contribution in [0.5, 0.6) is 5.75 Å². The van der Waals surface area contributed by atoms with Gasteiger partial charge < -0.3 is 20.1 Å². The number of hydrogen-bond donors (Lipinski definition) is 2. The molecule has 24 heavy (non-hydrogen) atoms. The Bertz CT molecular complexity index is 510. The van der Waals surface area contributed by atoms with E-state index in [4.69, 9.17) is 9.47 Å². The van der Waals surface area contributed by atoms with Crippen LogP contribution in [0.25, 0.3) is 0 Å². The molecule has 0 aromatic heterocycles. The fourth-order valence-electron chi connectivity index (χ4n) is 2.36. The Morgan fingerprint density at radius 2 is 2.33 bits per heavy atom. The molecule has 134 valence electrons. The number of ether oxygens (including phenoxy) is 2. The molecule has 1 saturated heterocycles. The molecule has 2 N–H and O–H groups in total. The number of benzene rings is 1. The summed E-state index contributed by atoms with van der Waals surface area (Å²) in [4.78, 5) is 4.23. The van der Waals surface area contributed by atoms with Gasteiger partial charge in [-0.15, -0.1) is 0 Å². The Hall–Kier alpha value is -0.920. The van der Waals surface area contributed by atoms with E-state index in [1.54, 1.807) is 7.05 Å². The molecule has 0 radical (unpaired) electrons. The van der Waals surface area contributed by atoms with Gasteiger partial charge >= 0.3 is 0 Å². The van der Waals surface area contributed by atoms with E-state index in [0.717, 1.165) is 60.2 Å². The van der Waals surface area contributed by atoms with Gasteiger partial charge in [0.1, 0.15) is 5.75 Å². The first kappa shape index (κ1) is 19.4. The molecule has 1 unspecified atom stereocenters. The lowest BCUT2D eigenvalue weighted by Gasteiger charge is -2.15. The van der Waals surface area contributed by atoms with Crippen LogP contribution in [-0.4, -0.2) is 56.9 Å². The fourth-order valence-corrected chi connectivity index (χ4v) is 3.39. The third-order valence-corrected chi connectivity index (χ3v) is 5.02. The zero-order valence-electron chi connectivity index (χ0n) is 14.1. The number of rotatable bonds is 9. The number of nitrogens with one attached hydrogen (secondary N) is 2. The molecule has 1 aliphatic heterocycles. The second-order valence-corrected chi connectivity index (χ2v) is 7.57. The van der Waals surface area contributed by atoms with Gasteiger partial charge in [-0.3, -0.25) is 4.99 Å². The molecule has 1 aliphatic rings. The van der Waals surface area contributed by atoms with Crippen molar-refractivity contribution in [1.29, 1.82) is 0 Å². The molecule has 0 spiro atoms. The second-order valence-electron chi connectivity index (χ2n) is 5.43. The average molecular weight is 416 g/mol. The molecule has 0 bridgehead atoms. The van der Waals surface area contributed by atoms with Gasteiger partial charge in [0.25, 0.3) is 0 Å². The number of hydrogen-bond acceptors (Lipinski definition) is 4. The van der Waals surface area contributed by atoms with Crippen molar-refractivity contribution in [2.24, 2.45) is 4.99 Å². The van der Waals surface area contributed by atoms with Crippen LogP contribution in [0.2, 0.25) is 0 Å². The van der Waals surface area contributed by atoms with E-state index in [1.165, 1.54) is 0 Å². The normalized spacial score (nSPS) is 17.8. The minimum Gasteiger partial charge on any atom is -0.493 e. The maximum Gasteiger partial charge on any atom is 0.191 e. The van der Waals surface area contributed by atoms with Crippen LogP contribution in [0.1, 0.15) is 12.8 Å². The summed E-state index contributed by atoms with van der Waals surface area (Å²) in [5.41, 5.74) is 0. The molecule has 1 aromatic carbocycles. The Balaban J connectivity index is 1.47. The fraction of sp³-hybridized carbons (Fsp3) is 0.588. The monoisotopic (exact) mass is 415 g/mol. The minimum absolute atomic E-state index is 0.327. The smallest absolute Gasteiger partial charge is 0.191 e. The van der Waals surface area contributed by atoms with Crippen LogP contribution in [0, 0.1) is 0 Å². The number of halogens is 1. The van der Waals surface area contributed by atoms with Crippen molar-refractivity contribution in [3.63, 3.8) is 0 Å². The van der Waals surface area contributed by atoms with Crippen molar-refractivity contribution >= 4 is 33.7 Å². The molecule has 7 heteroatoms. The maximum absolute atomic E-state index is 5.71. The van der Waals surface area contributed by atoms with E-state index in [2.05, 4.69) is 31.6 Å². The summed E-state index contributed by atoms with van der Waals surface area (Å²) in [6, 6.07) is 7.93. The molecule has 0 saturated carbocycles. The maximum atomic E-state index is 5.71.